The molecule has 0 aliphatic carbocycles. The predicted octanol–water partition coefficient (Wildman–Crippen LogP) is 2.56. The van der Waals surface area contributed by atoms with Crippen LogP contribution in [0.25, 0.3) is 10.9 Å². The number of nitrogens with one attached hydrogen (secondary N) is 2. The predicted molar refractivity (Wildman–Crippen MR) is 131 cm³/mol. The monoisotopic (exact) mass is 483 g/mol. The lowest BCUT2D eigenvalue weighted by atomic mass is 10.2. The van der Waals surface area contributed by atoms with Crippen molar-refractivity contribution in [2.45, 2.75) is 43.7 Å². The maximum absolute atomic E-state index is 12.8. The molecule has 2 N–H and O–H groups in total. The number of para-hydroxylation sites is 1. The van der Waals surface area contributed by atoms with Gasteiger partial charge in [0.05, 0.1) is 28.4 Å². The molecule has 0 bridgehead atoms. The van der Waals surface area contributed by atoms with Crippen LogP contribution in [0, 0.1) is 0 Å². The number of amides is 1. The number of rotatable bonds is 7. The zero-order valence-corrected chi connectivity index (χ0v) is 20.1. The standard InChI is InChI=1S/C24H29N5O4S/c1-17(28(2)16-22-26-21-9-5-4-8-20(21)24(31)27-22)23(30)25-18-10-12-19(13-11-18)34(32,33)29-14-6-3-7-15-29/h4-5,8-13,17H,3,6-7,14-16H2,1-2H3,(H,25,30)(H,26,27,31)/t17-/m1/s1. The zero-order chi connectivity index (χ0) is 24.3. The number of hydrogen-bond donors (Lipinski definition) is 2. The molecule has 1 fully saturated rings. The van der Waals surface area contributed by atoms with Gasteiger partial charge in [0.2, 0.25) is 15.9 Å². The summed E-state index contributed by atoms with van der Waals surface area (Å²) in [7, 11) is -1.74. The van der Waals surface area contributed by atoms with Crippen molar-refractivity contribution in [3.8, 4) is 0 Å². The fraction of sp³-hybridized carbons (Fsp3) is 0.375. The largest absolute Gasteiger partial charge is 0.325 e. The van der Waals surface area contributed by atoms with E-state index in [9.17, 15) is 18.0 Å². The molecule has 1 aliphatic heterocycles. The third-order valence-electron chi connectivity index (χ3n) is 6.18. The lowest BCUT2D eigenvalue weighted by Gasteiger charge is -2.26. The van der Waals surface area contributed by atoms with Gasteiger partial charge in [-0.05, 0) is 63.2 Å². The number of fused-ring (bicyclic) bond motifs is 1. The SMILES string of the molecule is C[C@H](C(=O)Nc1ccc(S(=O)(=O)N2CCCCC2)cc1)N(C)Cc1nc2ccccc2c(=O)[nH]1. The Labute approximate surface area is 198 Å². The van der Waals surface area contributed by atoms with Gasteiger partial charge in [-0.2, -0.15) is 4.31 Å². The summed E-state index contributed by atoms with van der Waals surface area (Å²) in [6, 6.07) is 12.8. The first kappa shape index (κ1) is 24.1. The Balaban J connectivity index is 1.39. The molecule has 34 heavy (non-hydrogen) atoms. The number of carbonyl (C=O) groups is 1. The summed E-state index contributed by atoms with van der Waals surface area (Å²) in [6.45, 7) is 3.12. The summed E-state index contributed by atoms with van der Waals surface area (Å²) in [5, 5.41) is 3.35. The highest BCUT2D eigenvalue weighted by Gasteiger charge is 2.26. The van der Waals surface area contributed by atoms with Crippen molar-refractivity contribution in [1.82, 2.24) is 19.2 Å². The number of sulfonamides is 1. The first-order valence-electron chi connectivity index (χ1n) is 11.3. The smallest absolute Gasteiger partial charge is 0.258 e. The highest BCUT2D eigenvalue weighted by molar-refractivity contribution is 7.89. The number of aromatic nitrogens is 2. The number of hydrogen-bond acceptors (Lipinski definition) is 6. The van der Waals surface area contributed by atoms with Crippen LogP contribution in [0.1, 0.15) is 32.0 Å². The molecule has 3 aromatic rings. The lowest BCUT2D eigenvalue weighted by Crippen LogP contribution is -2.39. The van der Waals surface area contributed by atoms with Crippen LogP contribution in [0.15, 0.2) is 58.2 Å². The second-order valence-electron chi connectivity index (χ2n) is 8.60. The number of nitrogens with zero attached hydrogens (tertiary/aromatic N) is 3. The van der Waals surface area contributed by atoms with Gasteiger partial charge in [-0.3, -0.25) is 14.5 Å². The molecule has 1 saturated heterocycles. The first-order valence-corrected chi connectivity index (χ1v) is 12.8. The quantitative estimate of drug-likeness (QED) is 0.534. The van der Waals surface area contributed by atoms with Crippen LogP contribution in [-0.2, 0) is 21.4 Å². The Bertz CT molecular complexity index is 1330. The molecule has 9 nitrogen and oxygen atoms in total. The molecule has 1 aliphatic rings. The van der Waals surface area contributed by atoms with Gasteiger partial charge in [0.1, 0.15) is 5.82 Å². The van der Waals surface area contributed by atoms with Gasteiger partial charge >= 0.3 is 0 Å². The molecule has 2 heterocycles. The highest BCUT2D eigenvalue weighted by atomic mass is 32.2. The third kappa shape index (κ3) is 5.19. The van der Waals surface area contributed by atoms with Gasteiger partial charge in [-0.15, -0.1) is 0 Å². The first-order chi connectivity index (χ1) is 16.3. The molecule has 2 aromatic carbocycles. The Morgan fingerprint density at radius 1 is 1.12 bits per heavy atom. The highest BCUT2D eigenvalue weighted by Crippen LogP contribution is 2.22. The van der Waals surface area contributed by atoms with Crippen LogP contribution in [0.2, 0.25) is 0 Å². The summed E-state index contributed by atoms with van der Waals surface area (Å²) < 4.78 is 27.1. The van der Waals surface area contributed by atoms with Crippen molar-refractivity contribution < 1.29 is 13.2 Å². The normalized spacial score (nSPS) is 16.0. The van der Waals surface area contributed by atoms with Crippen LogP contribution < -0.4 is 10.9 Å². The maximum Gasteiger partial charge on any atom is 0.258 e. The number of benzene rings is 2. The molecule has 0 unspecified atom stereocenters. The average Bonchev–Trinajstić information content (AvgIpc) is 2.84. The van der Waals surface area contributed by atoms with E-state index in [1.165, 1.54) is 16.4 Å². The summed E-state index contributed by atoms with van der Waals surface area (Å²) in [5.41, 5.74) is 0.900. The molecular formula is C24H29N5O4S. The van der Waals surface area contributed by atoms with Gasteiger partial charge in [0.15, 0.2) is 0 Å². The van der Waals surface area contributed by atoms with Crippen LogP contribution in [0.4, 0.5) is 5.69 Å². The average molecular weight is 484 g/mol. The van der Waals surface area contributed by atoms with E-state index in [0.717, 1.165) is 19.3 Å². The van der Waals surface area contributed by atoms with Crippen LogP contribution in [0.3, 0.4) is 0 Å². The second kappa shape index (κ2) is 10.0. The lowest BCUT2D eigenvalue weighted by molar-refractivity contribution is -0.120. The van der Waals surface area contributed by atoms with Crippen LogP contribution in [-0.4, -0.2) is 59.7 Å². The maximum atomic E-state index is 12.8. The Morgan fingerprint density at radius 2 is 1.79 bits per heavy atom. The molecular weight excluding hydrogens is 454 g/mol. The van der Waals surface area contributed by atoms with Crippen molar-refractivity contribution >= 4 is 32.5 Å². The van der Waals surface area contributed by atoms with Crippen molar-refractivity contribution in [1.29, 1.82) is 0 Å². The fourth-order valence-electron chi connectivity index (χ4n) is 3.99. The number of likely N-dealkylation sites (N-methyl/N-ethyl adjacent to an activating group) is 1. The number of H-pyrrole nitrogens is 1. The Morgan fingerprint density at radius 3 is 2.50 bits per heavy atom. The van der Waals surface area contributed by atoms with Crippen molar-refractivity contribution in [2.24, 2.45) is 0 Å². The van der Waals surface area contributed by atoms with E-state index in [2.05, 4.69) is 15.3 Å². The summed E-state index contributed by atoms with van der Waals surface area (Å²) in [4.78, 5) is 34.3. The van der Waals surface area contributed by atoms with Crippen molar-refractivity contribution in [3.05, 3.63) is 64.7 Å². The number of aromatic amines is 1. The molecule has 0 spiro atoms. The van der Waals surface area contributed by atoms with E-state index in [1.54, 1.807) is 49.2 Å². The van der Waals surface area contributed by atoms with E-state index in [1.807, 2.05) is 6.07 Å². The number of anilines is 1. The fourth-order valence-corrected chi connectivity index (χ4v) is 5.51. The Hall–Kier alpha value is -3.08. The van der Waals surface area contributed by atoms with E-state index in [4.69, 9.17) is 0 Å². The van der Waals surface area contributed by atoms with Gasteiger partial charge in [0, 0.05) is 18.8 Å². The molecule has 10 heteroatoms. The molecule has 0 saturated carbocycles. The second-order valence-corrected chi connectivity index (χ2v) is 10.5. The molecule has 1 aromatic heterocycles. The minimum absolute atomic E-state index is 0.217. The number of piperidine rings is 1. The van der Waals surface area contributed by atoms with E-state index >= 15 is 0 Å². The summed E-state index contributed by atoms with van der Waals surface area (Å²) in [5.74, 6) is 0.218. The van der Waals surface area contributed by atoms with Crippen LogP contribution >= 0.6 is 0 Å². The summed E-state index contributed by atoms with van der Waals surface area (Å²) in [6.07, 6.45) is 2.80. The van der Waals surface area contributed by atoms with E-state index < -0.39 is 16.1 Å². The molecule has 4 rings (SSSR count). The number of carbonyl (C=O) groups excluding carboxylic acids is 1. The summed E-state index contributed by atoms with van der Waals surface area (Å²) >= 11 is 0. The molecule has 1 amide bonds. The van der Waals surface area contributed by atoms with Gasteiger partial charge < -0.3 is 10.3 Å². The molecule has 0 radical (unpaired) electrons. The van der Waals surface area contributed by atoms with E-state index in [-0.39, 0.29) is 22.9 Å². The van der Waals surface area contributed by atoms with Crippen molar-refractivity contribution in [2.75, 3.05) is 25.5 Å². The Kier molecular flexibility index (Phi) is 7.11. The topological polar surface area (TPSA) is 115 Å². The third-order valence-corrected chi connectivity index (χ3v) is 8.09. The van der Waals surface area contributed by atoms with Crippen molar-refractivity contribution in [3.63, 3.8) is 0 Å². The minimum atomic E-state index is -3.51. The zero-order valence-electron chi connectivity index (χ0n) is 19.3. The minimum Gasteiger partial charge on any atom is -0.325 e. The molecule has 180 valence electrons. The molecule has 1 atom stereocenters. The van der Waals surface area contributed by atoms with Gasteiger partial charge in [-0.25, -0.2) is 13.4 Å². The van der Waals surface area contributed by atoms with Crippen LogP contribution in [0.5, 0.6) is 0 Å². The van der Waals surface area contributed by atoms with Gasteiger partial charge in [0.25, 0.3) is 5.56 Å². The van der Waals surface area contributed by atoms with E-state index in [0.29, 0.717) is 35.5 Å². The van der Waals surface area contributed by atoms with Gasteiger partial charge in [-0.1, -0.05) is 18.6 Å².